The lowest BCUT2D eigenvalue weighted by molar-refractivity contribution is 0.581. The summed E-state index contributed by atoms with van der Waals surface area (Å²) < 4.78 is 27.4. The number of anilines is 1. The van der Waals surface area contributed by atoms with Crippen molar-refractivity contribution in [3.8, 4) is 0 Å². The highest BCUT2D eigenvalue weighted by Crippen LogP contribution is 2.25. The van der Waals surface area contributed by atoms with Crippen molar-refractivity contribution in [2.45, 2.75) is 24.8 Å². The monoisotopic (exact) mass is 302 g/mol. The van der Waals surface area contributed by atoms with Crippen molar-refractivity contribution < 1.29 is 8.42 Å². The molecule has 1 aliphatic rings. The van der Waals surface area contributed by atoms with Gasteiger partial charge in [0.1, 0.15) is 0 Å². The van der Waals surface area contributed by atoms with Gasteiger partial charge >= 0.3 is 0 Å². The first-order valence-corrected chi connectivity index (χ1v) is 8.45. The summed E-state index contributed by atoms with van der Waals surface area (Å²) in [6.45, 7) is 3.16. The smallest absolute Gasteiger partial charge is 0.240 e. The summed E-state index contributed by atoms with van der Waals surface area (Å²) in [5, 5.41) is 3.20. The van der Waals surface area contributed by atoms with Crippen LogP contribution in [0.3, 0.4) is 0 Å². The van der Waals surface area contributed by atoms with Crippen molar-refractivity contribution in [2.24, 2.45) is 0 Å². The molecule has 0 unspecified atom stereocenters. The van der Waals surface area contributed by atoms with E-state index in [0.717, 1.165) is 29.8 Å². The van der Waals surface area contributed by atoms with Crippen LogP contribution in [0.2, 0.25) is 0 Å². The average Bonchev–Trinajstić information content (AvgIpc) is 2.93. The average molecular weight is 302 g/mol. The first kappa shape index (κ1) is 14.1. The van der Waals surface area contributed by atoms with Gasteiger partial charge in [-0.2, -0.15) is 0 Å². The van der Waals surface area contributed by atoms with Gasteiger partial charge in [-0.15, -0.1) is 0 Å². The zero-order valence-electron chi connectivity index (χ0n) is 11.9. The Hall–Kier alpha value is -1.85. The van der Waals surface area contributed by atoms with Crippen molar-refractivity contribution >= 4 is 15.7 Å². The summed E-state index contributed by atoms with van der Waals surface area (Å²) in [7, 11) is -3.48. The van der Waals surface area contributed by atoms with Crippen LogP contribution in [0.15, 0.2) is 47.4 Å². The fourth-order valence-corrected chi connectivity index (χ4v) is 3.56. The molecule has 5 heteroatoms. The Morgan fingerprint density at radius 2 is 2.05 bits per heavy atom. The normalized spacial score (nSPS) is 13.8. The molecule has 0 aliphatic carbocycles. The molecule has 0 spiro atoms. The number of hydrogen-bond acceptors (Lipinski definition) is 3. The fourth-order valence-electron chi connectivity index (χ4n) is 2.52. The number of hydrogen-bond donors (Lipinski definition) is 2. The van der Waals surface area contributed by atoms with E-state index in [4.69, 9.17) is 0 Å². The van der Waals surface area contributed by atoms with Crippen LogP contribution >= 0.6 is 0 Å². The number of rotatable bonds is 4. The molecule has 0 amide bonds. The van der Waals surface area contributed by atoms with E-state index >= 15 is 0 Å². The van der Waals surface area contributed by atoms with Crippen molar-refractivity contribution in [1.29, 1.82) is 0 Å². The van der Waals surface area contributed by atoms with E-state index in [0.29, 0.717) is 11.4 Å². The van der Waals surface area contributed by atoms with E-state index in [9.17, 15) is 8.42 Å². The Labute approximate surface area is 125 Å². The minimum Gasteiger partial charge on any atom is -0.384 e. The van der Waals surface area contributed by atoms with Gasteiger partial charge in [-0.1, -0.05) is 35.9 Å². The van der Waals surface area contributed by atoms with Gasteiger partial charge in [0.15, 0.2) is 0 Å². The topological polar surface area (TPSA) is 58.2 Å². The summed E-state index contributed by atoms with van der Waals surface area (Å²) >= 11 is 0. The molecule has 0 atom stereocenters. The molecule has 2 aromatic carbocycles. The summed E-state index contributed by atoms with van der Waals surface area (Å²) in [5.41, 5.74) is 4.17. The van der Waals surface area contributed by atoms with Crippen LogP contribution in [0.5, 0.6) is 0 Å². The third kappa shape index (κ3) is 3.09. The molecule has 0 radical (unpaired) electrons. The second kappa shape index (κ2) is 5.50. The summed E-state index contributed by atoms with van der Waals surface area (Å²) in [6, 6.07) is 13.1. The van der Waals surface area contributed by atoms with Crippen molar-refractivity contribution in [1.82, 2.24) is 4.72 Å². The predicted octanol–water partition coefficient (Wildman–Crippen LogP) is 2.44. The number of nitrogens with one attached hydrogen (secondary N) is 2. The lowest BCUT2D eigenvalue weighted by Crippen LogP contribution is -2.23. The molecule has 0 aromatic heterocycles. The molecule has 21 heavy (non-hydrogen) atoms. The zero-order chi connectivity index (χ0) is 14.9. The standard InChI is InChI=1S/C16H18N2O2S/c1-12-3-2-4-13(9-12)11-18-21(19,20)15-6-5-14-7-8-17-16(14)10-15/h2-6,9-10,17-18H,7-8,11H2,1H3. The van der Waals surface area contributed by atoms with Crippen LogP contribution in [0.25, 0.3) is 0 Å². The van der Waals surface area contributed by atoms with Gasteiger partial charge in [0.25, 0.3) is 0 Å². The molecule has 0 bridgehead atoms. The van der Waals surface area contributed by atoms with Gasteiger partial charge in [0.05, 0.1) is 4.90 Å². The molecule has 4 nitrogen and oxygen atoms in total. The molecule has 0 saturated heterocycles. The molecular formula is C16H18N2O2S. The minimum atomic E-state index is -3.48. The summed E-state index contributed by atoms with van der Waals surface area (Å²) in [4.78, 5) is 0.309. The molecule has 2 N–H and O–H groups in total. The molecule has 1 heterocycles. The van der Waals surface area contributed by atoms with Crippen LogP contribution < -0.4 is 10.0 Å². The Morgan fingerprint density at radius 1 is 1.19 bits per heavy atom. The van der Waals surface area contributed by atoms with Crippen LogP contribution in [0, 0.1) is 6.92 Å². The van der Waals surface area contributed by atoms with Gasteiger partial charge in [0.2, 0.25) is 10.0 Å². The number of benzene rings is 2. The van der Waals surface area contributed by atoms with E-state index in [-0.39, 0.29) is 0 Å². The Kier molecular flexibility index (Phi) is 3.69. The van der Waals surface area contributed by atoms with Crippen molar-refractivity contribution in [2.75, 3.05) is 11.9 Å². The Bertz CT molecular complexity index is 770. The SMILES string of the molecule is Cc1cccc(CNS(=O)(=O)c2ccc3c(c2)NCC3)c1. The number of aryl methyl sites for hydroxylation is 1. The van der Waals surface area contributed by atoms with Crippen molar-refractivity contribution in [3.05, 3.63) is 59.2 Å². The third-order valence-corrected chi connectivity index (χ3v) is 5.05. The molecule has 2 aromatic rings. The quantitative estimate of drug-likeness (QED) is 0.912. The van der Waals surface area contributed by atoms with Gasteiger partial charge in [-0.25, -0.2) is 13.1 Å². The Balaban J connectivity index is 1.78. The first-order chi connectivity index (χ1) is 10.0. The summed E-state index contributed by atoms with van der Waals surface area (Å²) in [6.07, 6.45) is 0.951. The predicted molar refractivity (Wildman–Crippen MR) is 83.8 cm³/mol. The maximum absolute atomic E-state index is 12.4. The molecule has 0 fully saturated rings. The van der Waals surface area contributed by atoms with Gasteiger partial charge in [-0.3, -0.25) is 0 Å². The second-order valence-electron chi connectivity index (χ2n) is 5.31. The molecule has 1 aliphatic heterocycles. The Morgan fingerprint density at radius 3 is 2.86 bits per heavy atom. The maximum Gasteiger partial charge on any atom is 0.240 e. The first-order valence-electron chi connectivity index (χ1n) is 6.97. The minimum absolute atomic E-state index is 0.300. The fraction of sp³-hybridized carbons (Fsp3) is 0.250. The largest absolute Gasteiger partial charge is 0.384 e. The summed E-state index contributed by atoms with van der Waals surface area (Å²) in [5.74, 6) is 0. The van der Waals surface area contributed by atoms with Crippen LogP contribution in [0.1, 0.15) is 16.7 Å². The highest BCUT2D eigenvalue weighted by atomic mass is 32.2. The van der Waals surface area contributed by atoms with Gasteiger partial charge in [0, 0.05) is 18.8 Å². The third-order valence-electron chi connectivity index (χ3n) is 3.65. The van der Waals surface area contributed by atoms with E-state index in [2.05, 4.69) is 10.0 Å². The molecule has 3 rings (SSSR count). The van der Waals surface area contributed by atoms with Gasteiger partial charge in [-0.05, 0) is 36.6 Å². The van der Waals surface area contributed by atoms with Crippen LogP contribution in [-0.4, -0.2) is 15.0 Å². The molecular weight excluding hydrogens is 284 g/mol. The second-order valence-corrected chi connectivity index (χ2v) is 7.08. The van der Waals surface area contributed by atoms with Gasteiger partial charge < -0.3 is 5.32 Å². The zero-order valence-corrected chi connectivity index (χ0v) is 12.7. The lowest BCUT2D eigenvalue weighted by atomic mass is 10.1. The van der Waals surface area contributed by atoms with E-state index in [1.165, 1.54) is 5.56 Å². The van der Waals surface area contributed by atoms with Crippen molar-refractivity contribution in [3.63, 3.8) is 0 Å². The number of fused-ring (bicyclic) bond motifs is 1. The van der Waals surface area contributed by atoms with E-state index < -0.39 is 10.0 Å². The van der Waals surface area contributed by atoms with E-state index in [1.807, 2.05) is 37.3 Å². The lowest BCUT2D eigenvalue weighted by Gasteiger charge is -2.09. The van der Waals surface area contributed by atoms with Crippen LogP contribution in [-0.2, 0) is 23.0 Å². The molecule has 0 saturated carbocycles. The maximum atomic E-state index is 12.4. The highest BCUT2D eigenvalue weighted by Gasteiger charge is 2.17. The number of sulfonamides is 1. The molecule has 110 valence electrons. The van der Waals surface area contributed by atoms with Crippen LogP contribution in [0.4, 0.5) is 5.69 Å². The van der Waals surface area contributed by atoms with E-state index in [1.54, 1.807) is 12.1 Å². The highest BCUT2D eigenvalue weighted by molar-refractivity contribution is 7.89.